The second-order valence-electron chi connectivity index (χ2n) is 12.1. The van der Waals surface area contributed by atoms with Crippen molar-refractivity contribution in [1.29, 1.82) is 0 Å². The van der Waals surface area contributed by atoms with Gasteiger partial charge in [0.2, 0.25) is 0 Å². The Balaban J connectivity index is 0.000000259. The van der Waals surface area contributed by atoms with Crippen molar-refractivity contribution in [3.8, 4) is 0 Å². The van der Waals surface area contributed by atoms with Crippen LogP contribution in [0.25, 0.3) is 0 Å². The SMILES string of the molecule is Cc1cnc(C(F)(F)F)cc1B1OC(C)(C)C(C)(C)O1.Cc1cnc(C(F)(F)F)cc1Cl.FC(F)(F)c1cc(Cl)ccn1.O=c1cc[nH]c(C(F)(F)F)c1. The third kappa shape index (κ3) is 13.5. The van der Waals surface area contributed by atoms with E-state index in [1.165, 1.54) is 12.3 Å². The minimum atomic E-state index is -4.48. The van der Waals surface area contributed by atoms with Crippen LogP contribution >= 0.6 is 23.2 Å². The topological polar surface area (TPSA) is 90.0 Å². The van der Waals surface area contributed by atoms with Crippen LogP contribution in [-0.2, 0) is 34.0 Å². The number of H-pyrrole nitrogens is 1. The Morgan fingerprint density at radius 2 is 1.11 bits per heavy atom. The zero-order chi connectivity index (χ0) is 41.7. The molecule has 22 heteroatoms. The summed E-state index contributed by atoms with van der Waals surface area (Å²) in [7, 11) is -0.816. The van der Waals surface area contributed by atoms with E-state index in [2.05, 4.69) is 15.0 Å². The molecule has 4 aromatic rings. The van der Waals surface area contributed by atoms with Gasteiger partial charge in [0.25, 0.3) is 0 Å². The quantitative estimate of drug-likeness (QED) is 0.152. The molecule has 7 nitrogen and oxygen atoms in total. The molecule has 0 atom stereocenters. The number of aromatic amines is 1. The Hall–Kier alpha value is -3.88. The third-order valence-electron chi connectivity index (χ3n) is 7.36. The van der Waals surface area contributed by atoms with Crippen LogP contribution in [0.4, 0.5) is 52.7 Å². The zero-order valence-electron chi connectivity index (χ0n) is 28.7. The van der Waals surface area contributed by atoms with E-state index in [4.69, 9.17) is 32.5 Å². The molecule has 1 aliphatic heterocycles. The molecular formula is C32H29BCl2F12N4O3. The standard InChI is InChI=1S/C13H17BF3NO2.C7H5ClF3N.C6H3ClF3N.C6H4F3NO/c1-8-7-18-10(13(15,16)17)6-9(8)14-19-11(2,3)12(4,5)20-14;1-4-3-12-6(2-5(4)8)7(9,10)11;7-4-1-2-11-5(3-4)6(8,9)10;7-6(8,9)5-3-4(11)1-2-10-5/h6-7H,1-5H3;2-3H,1H3;1-3H;1-3H,(H,10,11). The van der Waals surface area contributed by atoms with E-state index in [9.17, 15) is 57.5 Å². The van der Waals surface area contributed by atoms with Crippen LogP contribution < -0.4 is 10.9 Å². The van der Waals surface area contributed by atoms with Gasteiger partial charge in [-0.05, 0) is 82.4 Å². The molecule has 0 bridgehead atoms. The molecule has 0 aromatic carbocycles. The van der Waals surface area contributed by atoms with Gasteiger partial charge in [-0.2, -0.15) is 52.7 Å². The highest BCUT2D eigenvalue weighted by Crippen LogP contribution is 2.37. The normalized spacial score (nSPS) is 15.2. The number of alkyl halides is 12. The average molecular weight is 827 g/mol. The molecule has 1 fully saturated rings. The molecule has 4 aromatic heterocycles. The summed E-state index contributed by atoms with van der Waals surface area (Å²) < 4.78 is 157. The van der Waals surface area contributed by atoms with Crippen LogP contribution in [0.2, 0.25) is 10.0 Å². The fourth-order valence-corrected chi connectivity index (χ4v) is 4.05. The van der Waals surface area contributed by atoms with Crippen LogP contribution in [0.15, 0.2) is 66.0 Å². The van der Waals surface area contributed by atoms with Crippen molar-refractivity contribution in [2.75, 3.05) is 0 Å². The summed E-state index contributed by atoms with van der Waals surface area (Å²) in [6.07, 6.45) is -13.5. The lowest BCUT2D eigenvalue weighted by Crippen LogP contribution is -2.41. The first kappa shape index (κ1) is 46.3. The monoisotopic (exact) mass is 826 g/mol. The second-order valence-corrected chi connectivity index (χ2v) is 13.0. The van der Waals surface area contributed by atoms with Gasteiger partial charge in [-0.3, -0.25) is 19.7 Å². The molecule has 0 saturated carbocycles. The molecule has 1 aliphatic rings. The number of hydrogen-bond donors (Lipinski definition) is 1. The number of pyridine rings is 4. The number of aromatic nitrogens is 4. The molecule has 5 rings (SSSR count). The van der Waals surface area contributed by atoms with Crippen LogP contribution in [0.5, 0.6) is 0 Å². The maximum absolute atomic E-state index is 12.7. The highest BCUT2D eigenvalue weighted by Gasteiger charge is 2.52. The molecule has 0 unspecified atom stereocenters. The minimum absolute atomic E-state index is 0.0346. The largest absolute Gasteiger partial charge is 0.495 e. The van der Waals surface area contributed by atoms with E-state index in [-0.39, 0.29) is 10.0 Å². The molecule has 0 aliphatic carbocycles. The Kier molecular flexibility index (Phi) is 14.8. The number of rotatable bonds is 1. The predicted octanol–water partition coefficient (Wildman–Crippen LogP) is 9.92. The second kappa shape index (κ2) is 17.3. The Labute approximate surface area is 310 Å². The first-order valence-corrected chi connectivity index (χ1v) is 15.6. The van der Waals surface area contributed by atoms with Crippen molar-refractivity contribution in [2.45, 2.75) is 77.4 Å². The van der Waals surface area contributed by atoms with E-state index in [0.29, 0.717) is 22.7 Å². The minimum Gasteiger partial charge on any atom is -0.399 e. The van der Waals surface area contributed by atoms with Gasteiger partial charge in [-0.25, -0.2) is 0 Å². The van der Waals surface area contributed by atoms with Gasteiger partial charge in [0.05, 0.1) is 11.2 Å². The lowest BCUT2D eigenvalue weighted by atomic mass is 9.76. The van der Waals surface area contributed by atoms with E-state index in [1.807, 2.05) is 32.7 Å². The van der Waals surface area contributed by atoms with E-state index < -0.39 is 71.2 Å². The number of halogens is 14. The van der Waals surface area contributed by atoms with Gasteiger partial charge >= 0.3 is 31.8 Å². The van der Waals surface area contributed by atoms with Crippen molar-refractivity contribution < 1.29 is 62.0 Å². The van der Waals surface area contributed by atoms with Gasteiger partial charge in [-0.1, -0.05) is 23.2 Å². The number of nitrogens with zero attached hydrogens (tertiary/aromatic N) is 3. The first-order valence-electron chi connectivity index (χ1n) is 14.9. The van der Waals surface area contributed by atoms with Crippen molar-refractivity contribution in [3.63, 3.8) is 0 Å². The fraction of sp³-hybridized carbons (Fsp3) is 0.375. The molecule has 0 radical (unpaired) electrons. The fourth-order valence-electron chi connectivity index (χ4n) is 3.74. The summed E-state index contributed by atoms with van der Waals surface area (Å²) in [5, 5.41) is 0.115. The van der Waals surface area contributed by atoms with Crippen LogP contribution in [0, 0.1) is 13.8 Å². The zero-order valence-corrected chi connectivity index (χ0v) is 30.2. The number of aryl methyl sites for hydroxylation is 2. The average Bonchev–Trinajstić information content (AvgIpc) is 3.23. The molecule has 0 spiro atoms. The lowest BCUT2D eigenvalue weighted by Gasteiger charge is -2.32. The number of nitrogens with one attached hydrogen (secondary N) is 1. The van der Waals surface area contributed by atoms with Gasteiger partial charge in [0.1, 0.15) is 22.8 Å². The molecule has 54 heavy (non-hydrogen) atoms. The van der Waals surface area contributed by atoms with Crippen LogP contribution in [0.3, 0.4) is 0 Å². The molecule has 0 amide bonds. The Morgan fingerprint density at radius 3 is 1.50 bits per heavy atom. The molecule has 5 heterocycles. The van der Waals surface area contributed by atoms with E-state index >= 15 is 0 Å². The summed E-state index contributed by atoms with van der Waals surface area (Å²) in [6, 6.07) is 5.42. The molecule has 1 saturated heterocycles. The van der Waals surface area contributed by atoms with Crippen molar-refractivity contribution >= 4 is 35.8 Å². The number of hydrogen-bond acceptors (Lipinski definition) is 6. The Bertz CT molecular complexity index is 1920. The van der Waals surface area contributed by atoms with Gasteiger partial charge in [-0.15, -0.1) is 0 Å². The predicted molar refractivity (Wildman–Crippen MR) is 175 cm³/mol. The van der Waals surface area contributed by atoms with Crippen LogP contribution in [0.1, 0.15) is 61.6 Å². The third-order valence-corrected chi connectivity index (χ3v) is 8.00. The van der Waals surface area contributed by atoms with Gasteiger partial charge < -0.3 is 14.3 Å². The maximum atomic E-state index is 12.7. The summed E-state index contributed by atoms with van der Waals surface area (Å²) in [4.78, 5) is 22.1. The lowest BCUT2D eigenvalue weighted by molar-refractivity contribution is -0.142. The van der Waals surface area contributed by atoms with Crippen molar-refractivity contribution in [3.05, 3.63) is 115 Å². The first-order chi connectivity index (χ1) is 24.3. The molecular weight excluding hydrogens is 798 g/mol. The van der Waals surface area contributed by atoms with E-state index in [1.54, 1.807) is 13.8 Å². The smallest absolute Gasteiger partial charge is 0.399 e. The summed E-state index contributed by atoms with van der Waals surface area (Å²) in [6.45, 7) is 10.7. The summed E-state index contributed by atoms with van der Waals surface area (Å²) in [5.41, 5.74) is -4.22. The molecule has 1 N–H and O–H groups in total. The van der Waals surface area contributed by atoms with Gasteiger partial charge in [0.15, 0.2) is 5.43 Å². The summed E-state index contributed by atoms with van der Waals surface area (Å²) in [5.74, 6) is 0. The molecule has 296 valence electrons. The van der Waals surface area contributed by atoms with Crippen molar-refractivity contribution in [1.82, 2.24) is 19.9 Å². The van der Waals surface area contributed by atoms with Gasteiger partial charge in [0, 0.05) is 47.0 Å². The maximum Gasteiger partial charge on any atom is 0.495 e. The van der Waals surface area contributed by atoms with E-state index in [0.717, 1.165) is 42.9 Å². The highest BCUT2D eigenvalue weighted by atomic mass is 35.5. The summed E-state index contributed by atoms with van der Waals surface area (Å²) >= 11 is 10.8. The Morgan fingerprint density at radius 1 is 0.648 bits per heavy atom. The van der Waals surface area contributed by atoms with Crippen molar-refractivity contribution in [2.24, 2.45) is 0 Å². The highest BCUT2D eigenvalue weighted by molar-refractivity contribution is 6.62. The van der Waals surface area contributed by atoms with Crippen LogP contribution in [-0.4, -0.2) is 38.3 Å².